The van der Waals surface area contributed by atoms with E-state index in [0.29, 0.717) is 12.8 Å². The topological polar surface area (TPSA) is 96.3 Å². The average Bonchev–Trinajstić information content (AvgIpc) is 3.60. The van der Waals surface area contributed by atoms with Gasteiger partial charge < -0.3 is 15.5 Å². The summed E-state index contributed by atoms with van der Waals surface area (Å²) in [5.41, 5.74) is -0.960. The molecule has 3 amide bonds. The van der Waals surface area contributed by atoms with Crippen LogP contribution in [-0.2, 0) is 15.8 Å². The fourth-order valence-corrected chi connectivity index (χ4v) is 6.10. The van der Waals surface area contributed by atoms with Gasteiger partial charge in [-0.05, 0) is 50.7 Å². The lowest BCUT2D eigenvalue weighted by Gasteiger charge is -2.33. The van der Waals surface area contributed by atoms with E-state index < -0.39 is 42.1 Å². The molecular formula is C30H36F5N5O3. The van der Waals surface area contributed by atoms with E-state index in [1.165, 1.54) is 28.9 Å². The SMILES string of the molecule is O=C(CC(CC(=O)N1CCCC(F)(F)C1)NC(=O)c1cc(-c2ccccc2C(F)(F)F)n(C2CCCC2)n1)NC1CCC1. The maximum Gasteiger partial charge on any atom is 0.417 e. The van der Waals surface area contributed by atoms with E-state index in [4.69, 9.17) is 0 Å². The third-order valence-corrected chi connectivity index (χ3v) is 8.55. The van der Waals surface area contributed by atoms with Crippen LogP contribution in [0.2, 0.25) is 0 Å². The van der Waals surface area contributed by atoms with Crippen LogP contribution in [0.15, 0.2) is 30.3 Å². The summed E-state index contributed by atoms with van der Waals surface area (Å²) in [5.74, 6) is -4.77. The van der Waals surface area contributed by atoms with Crippen molar-refractivity contribution in [3.63, 3.8) is 0 Å². The zero-order valence-corrected chi connectivity index (χ0v) is 23.8. The number of aromatic nitrogens is 2. The van der Waals surface area contributed by atoms with Gasteiger partial charge in [0.25, 0.3) is 11.8 Å². The number of piperidine rings is 1. The Kier molecular flexibility index (Phi) is 9.07. The second-order valence-electron chi connectivity index (χ2n) is 11.9. The molecule has 13 heteroatoms. The second kappa shape index (κ2) is 12.6. The number of alkyl halides is 5. The van der Waals surface area contributed by atoms with Crippen molar-refractivity contribution in [3.05, 3.63) is 41.6 Å². The molecular weight excluding hydrogens is 573 g/mol. The van der Waals surface area contributed by atoms with Crippen LogP contribution in [0.1, 0.15) is 92.7 Å². The van der Waals surface area contributed by atoms with Gasteiger partial charge in [0.05, 0.1) is 23.8 Å². The molecule has 1 aromatic heterocycles. The quantitative estimate of drug-likeness (QED) is 0.368. The number of hydrogen-bond acceptors (Lipinski definition) is 4. The molecule has 1 atom stereocenters. The van der Waals surface area contributed by atoms with Crippen molar-refractivity contribution in [2.45, 2.75) is 101 Å². The molecule has 3 fully saturated rings. The molecule has 0 radical (unpaired) electrons. The highest BCUT2D eigenvalue weighted by molar-refractivity contribution is 5.94. The first-order chi connectivity index (χ1) is 20.4. The normalized spacial score (nSPS) is 20.0. The number of amides is 3. The summed E-state index contributed by atoms with van der Waals surface area (Å²) in [5, 5.41) is 9.94. The van der Waals surface area contributed by atoms with Crippen LogP contribution in [0.25, 0.3) is 11.3 Å². The molecule has 3 aliphatic rings. The Morgan fingerprint density at radius 2 is 1.72 bits per heavy atom. The zero-order valence-electron chi connectivity index (χ0n) is 23.8. The fourth-order valence-electron chi connectivity index (χ4n) is 6.10. The lowest BCUT2D eigenvalue weighted by atomic mass is 9.93. The molecule has 5 rings (SSSR count). The number of carbonyl (C=O) groups is 3. The van der Waals surface area contributed by atoms with Crippen molar-refractivity contribution in [1.29, 1.82) is 0 Å². The molecule has 2 N–H and O–H groups in total. The molecule has 1 saturated heterocycles. The van der Waals surface area contributed by atoms with E-state index in [9.17, 15) is 36.3 Å². The van der Waals surface area contributed by atoms with Crippen molar-refractivity contribution >= 4 is 17.7 Å². The number of benzene rings is 1. The molecule has 0 spiro atoms. The Labute approximate surface area is 246 Å². The smallest absolute Gasteiger partial charge is 0.353 e. The van der Waals surface area contributed by atoms with Gasteiger partial charge in [-0.25, -0.2) is 8.78 Å². The minimum absolute atomic E-state index is 0.0127. The number of nitrogens with zero attached hydrogens (tertiary/aromatic N) is 3. The summed E-state index contributed by atoms with van der Waals surface area (Å²) in [6.07, 6.45) is 0.332. The number of rotatable bonds is 9. The highest BCUT2D eigenvalue weighted by Crippen LogP contribution is 2.40. The zero-order chi connectivity index (χ0) is 30.8. The van der Waals surface area contributed by atoms with Crippen LogP contribution in [0.4, 0.5) is 22.0 Å². The first-order valence-electron chi connectivity index (χ1n) is 14.9. The summed E-state index contributed by atoms with van der Waals surface area (Å²) in [6.45, 7) is -0.578. The molecule has 1 aliphatic heterocycles. The van der Waals surface area contributed by atoms with Crippen molar-refractivity contribution in [2.24, 2.45) is 0 Å². The first kappa shape index (κ1) is 30.9. The number of halogens is 5. The number of carbonyl (C=O) groups excluding carboxylic acids is 3. The molecule has 1 unspecified atom stereocenters. The van der Waals surface area contributed by atoms with Crippen LogP contribution >= 0.6 is 0 Å². The minimum Gasteiger partial charge on any atom is -0.353 e. The van der Waals surface area contributed by atoms with Gasteiger partial charge in [-0.2, -0.15) is 18.3 Å². The van der Waals surface area contributed by atoms with Crippen LogP contribution < -0.4 is 10.6 Å². The van der Waals surface area contributed by atoms with E-state index in [-0.39, 0.29) is 67.2 Å². The van der Waals surface area contributed by atoms with E-state index >= 15 is 0 Å². The van der Waals surface area contributed by atoms with E-state index in [0.717, 1.165) is 43.1 Å². The van der Waals surface area contributed by atoms with Crippen molar-refractivity contribution in [2.75, 3.05) is 13.1 Å². The lowest BCUT2D eigenvalue weighted by Crippen LogP contribution is -2.49. The summed E-state index contributed by atoms with van der Waals surface area (Å²) >= 11 is 0. The molecule has 1 aromatic carbocycles. The highest BCUT2D eigenvalue weighted by Gasteiger charge is 2.38. The summed E-state index contributed by atoms with van der Waals surface area (Å²) in [4.78, 5) is 40.3. The van der Waals surface area contributed by atoms with Crippen LogP contribution in [0.5, 0.6) is 0 Å². The van der Waals surface area contributed by atoms with Gasteiger partial charge in [-0.1, -0.05) is 31.0 Å². The van der Waals surface area contributed by atoms with Crippen LogP contribution in [0.3, 0.4) is 0 Å². The highest BCUT2D eigenvalue weighted by atomic mass is 19.4. The van der Waals surface area contributed by atoms with Gasteiger partial charge in [-0.3, -0.25) is 19.1 Å². The van der Waals surface area contributed by atoms with Crippen molar-refractivity contribution in [1.82, 2.24) is 25.3 Å². The predicted molar refractivity (Wildman–Crippen MR) is 147 cm³/mol. The van der Waals surface area contributed by atoms with Crippen LogP contribution in [0, 0.1) is 0 Å². The third-order valence-electron chi connectivity index (χ3n) is 8.55. The standard InChI is InChI=1S/C30H36F5N5O3/c31-29(32)13-6-14-39(18-29)27(42)16-20(15-26(41)36-19-7-5-8-19)37-28(43)24-17-25(40(38-24)21-9-1-2-10-21)22-11-3-4-12-23(22)30(33,34)35/h3-4,11-12,17,19-21H,1-2,5-10,13-16,18H2,(H,36,41)(H,37,43). The molecule has 2 aromatic rings. The van der Waals surface area contributed by atoms with Crippen molar-refractivity contribution in [3.8, 4) is 11.3 Å². The minimum atomic E-state index is -4.63. The Hall–Kier alpha value is -3.51. The Balaban J connectivity index is 1.39. The Morgan fingerprint density at radius 1 is 1.00 bits per heavy atom. The summed E-state index contributed by atoms with van der Waals surface area (Å²) < 4.78 is 71.2. The maximum absolute atomic E-state index is 14.0. The van der Waals surface area contributed by atoms with Gasteiger partial charge in [0, 0.05) is 43.5 Å². The summed E-state index contributed by atoms with van der Waals surface area (Å²) in [6, 6.07) is 5.20. The molecule has 0 bridgehead atoms. The average molecular weight is 610 g/mol. The monoisotopic (exact) mass is 609 g/mol. The number of nitrogens with one attached hydrogen (secondary N) is 2. The number of likely N-dealkylation sites (tertiary alicyclic amines) is 1. The fraction of sp³-hybridized carbons (Fsp3) is 0.600. The molecule has 8 nitrogen and oxygen atoms in total. The summed E-state index contributed by atoms with van der Waals surface area (Å²) in [7, 11) is 0. The maximum atomic E-state index is 14.0. The number of hydrogen-bond donors (Lipinski definition) is 2. The van der Waals surface area contributed by atoms with Gasteiger partial charge in [0.2, 0.25) is 11.8 Å². The van der Waals surface area contributed by atoms with E-state index in [1.54, 1.807) is 0 Å². The van der Waals surface area contributed by atoms with E-state index in [1.807, 2.05) is 0 Å². The Morgan fingerprint density at radius 3 is 2.37 bits per heavy atom. The molecule has 234 valence electrons. The van der Waals surface area contributed by atoms with Crippen molar-refractivity contribution < 1.29 is 36.3 Å². The largest absolute Gasteiger partial charge is 0.417 e. The Bertz CT molecular complexity index is 1330. The molecule has 2 saturated carbocycles. The third kappa shape index (κ3) is 7.53. The predicted octanol–water partition coefficient (Wildman–Crippen LogP) is 5.49. The van der Waals surface area contributed by atoms with Gasteiger partial charge >= 0.3 is 6.18 Å². The molecule has 2 heterocycles. The molecule has 2 aliphatic carbocycles. The first-order valence-corrected chi connectivity index (χ1v) is 14.9. The second-order valence-corrected chi connectivity index (χ2v) is 11.9. The van der Waals surface area contributed by atoms with Gasteiger partial charge in [0.15, 0.2) is 5.69 Å². The van der Waals surface area contributed by atoms with Crippen LogP contribution in [-0.4, -0.2) is 63.5 Å². The molecule has 43 heavy (non-hydrogen) atoms. The lowest BCUT2D eigenvalue weighted by molar-refractivity contribution is -0.142. The van der Waals surface area contributed by atoms with Gasteiger partial charge in [-0.15, -0.1) is 0 Å². The van der Waals surface area contributed by atoms with E-state index in [2.05, 4.69) is 15.7 Å². The van der Waals surface area contributed by atoms with Gasteiger partial charge in [0.1, 0.15) is 0 Å².